The first kappa shape index (κ1) is 15.9. The maximum absolute atomic E-state index is 14.3. The van der Waals surface area contributed by atoms with Crippen molar-refractivity contribution in [2.24, 2.45) is 0 Å². The Bertz CT molecular complexity index is 593. The summed E-state index contributed by atoms with van der Waals surface area (Å²) in [5.41, 5.74) is 0.794. The van der Waals surface area contributed by atoms with Gasteiger partial charge in [0, 0.05) is 22.2 Å². The molecule has 0 aliphatic heterocycles. The Balaban J connectivity index is 2.50. The Morgan fingerprint density at radius 2 is 1.71 bits per heavy atom. The third-order valence-corrected chi connectivity index (χ3v) is 3.72. The van der Waals surface area contributed by atoms with E-state index in [2.05, 4.69) is 21.2 Å². The Morgan fingerprint density at radius 3 is 2.19 bits per heavy atom. The predicted octanol–water partition coefficient (Wildman–Crippen LogP) is 4.43. The second-order valence-corrected chi connectivity index (χ2v) is 5.46. The van der Waals surface area contributed by atoms with E-state index in [0.717, 1.165) is 10.0 Å². The third kappa shape index (κ3) is 3.60. The monoisotopic (exact) mass is 355 g/mol. The number of methoxy groups -OCH3 is 1. The summed E-state index contributed by atoms with van der Waals surface area (Å²) >= 11 is 3.35. The summed E-state index contributed by atoms with van der Waals surface area (Å²) in [5, 5.41) is 3.12. The second kappa shape index (κ2) is 7.00. The molecule has 0 fully saturated rings. The van der Waals surface area contributed by atoms with E-state index in [-0.39, 0.29) is 11.3 Å². The molecule has 5 heteroatoms. The van der Waals surface area contributed by atoms with Crippen LogP contribution in [0.2, 0.25) is 0 Å². The van der Waals surface area contributed by atoms with Gasteiger partial charge in [-0.1, -0.05) is 35.0 Å². The molecule has 0 saturated heterocycles. The molecule has 2 aromatic rings. The third-order valence-electron chi connectivity index (χ3n) is 3.19. The SMILES string of the molecule is CCNC(c1ccc(Br)cc1)c1c(F)cc(OC)cc1F. The van der Waals surface area contributed by atoms with Crippen LogP contribution < -0.4 is 10.1 Å². The first-order valence-corrected chi connectivity index (χ1v) is 7.38. The Labute approximate surface area is 131 Å². The van der Waals surface area contributed by atoms with E-state index in [1.165, 1.54) is 19.2 Å². The van der Waals surface area contributed by atoms with E-state index in [9.17, 15) is 8.78 Å². The lowest BCUT2D eigenvalue weighted by molar-refractivity contribution is 0.403. The fourth-order valence-electron chi connectivity index (χ4n) is 2.20. The van der Waals surface area contributed by atoms with Gasteiger partial charge in [0.25, 0.3) is 0 Å². The van der Waals surface area contributed by atoms with E-state index in [1.807, 2.05) is 31.2 Å². The fraction of sp³-hybridized carbons (Fsp3) is 0.250. The van der Waals surface area contributed by atoms with E-state index in [4.69, 9.17) is 4.74 Å². The molecule has 1 atom stereocenters. The molecular formula is C16H16BrF2NO. The van der Waals surface area contributed by atoms with Crippen LogP contribution in [0.25, 0.3) is 0 Å². The van der Waals surface area contributed by atoms with Gasteiger partial charge in [0.1, 0.15) is 17.4 Å². The van der Waals surface area contributed by atoms with Crippen LogP contribution in [0.15, 0.2) is 40.9 Å². The van der Waals surface area contributed by atoms with Gasteiger partial charge in [-0.25, -0.2) is 8.78 Å². The standard InChI is InChI=1S/C16H16BrF2NO/c1-3-20-16(10-4-6-11(17)7-5-10)15-13(18)8-12(21-2)9-14(15)19/h4-9,16,20H,3H2,1-2H3. The van der Waals surface area contributed by atoms with Crippen LogP contribution in [-0.2, 0) is 0 Å². The summed E-state index contributed by atoms with van der Waals surface area (Å²) in [6.07, 6.45) is 0. The molecule has 2 nitrogen and oxygen atoms in total. The van der Waals surface area contributed by atoms with Gasteiger partial charge < -0.3 is 10.1 Å². The lowest BCUT2D eigenvalue weighted by Gasteiger charge is -2.20. The van der Waals surface area contributed by atoms with E-state index in [0.29, 0.717) is 6.54 Å². The molecule has 21 heavy (non-hydrogen) atoms. The average Bonchev–Trinajstić information content (AvgIpc) is 2.46. The van der Waals surface area contributed by atoms with Crippen molar-refractivity contribution in [3.05, 3.63) is 63.6 Å². The van der Waals surface area contributed by atoms with E-state index < -0.39 is 17.7 Å². The molecule has 0 saturated carbocycles. The molecule has 112 valence electrons. The first-order chi connectivity index (χ1) is 10.1. The van der Waals surface area contributed by atoms with Gasteiger partial charge >= 0.3 is 0 Å². The minimum absolute atomic E-state index is 0.0000255. The summed E-state index contributed by atoms with van der Waals surface area (Å²) in [4.78, 5) is 0. The summed E-state index contributed by atoms with van der Waals surface area (Å²) < 4.78 is 34.3. The zero-order valence-electron chi connectivity index (χ0n) is 11.8. The predicted molar refractivity (Wildman–Crippen MR) is 82.6 cm³/mol. The van der Waals surface area contributed by atoms with Gasteiger partial charge in [0.15, 0.2) is 0 Å². The van der Waals surface area contributed by atoms with Crippen molar-refractivity contribution < 1.29 is 13.5 Å². The van der Waals surface area contributed by atoms with Crippen molar-refractivity contribution in [1.29, 1.82) is 0 Å². The van der Waals surface area contributed by atoms with Crippen LogP contribution in [0.4, 0.5) is 8.78 Å². The highest BCUT2D eigenvalue weighted by molar-refractivity contribution is 9.10. The lowest BCUT2D eigenvalue weighted by atomic mass is 9.97. The quantitative estimate of drug-likeness (QED) is 0.856. The number of hydrogen-bond acceptors (Lipinski definition) is 2. The van der Waals surface area contributed by atoms with Gasteiger partial charge in [-0.2, -0.15) is 0 Å². The minimum atomic E-state index is -0.624. The van der Waals surface area contributed by atoms with Crippen molar-refractivity contribution in [3.63, 3.8) is 0 Å². The smallest absolute Gasteiger partial charge is 0.134 e. The maximum Gasteiger partial charge on any atom is 0.134 e. The molecule has 2 aromatic carbocycles. The Kier molecular flexibility index (Phi) is 5.31. The Hall–Kier alpha value is -1.46. The van der Waals surface area contributed by atoms with Crippen LogP contribution in [0.1, 0.15) is 24.1 Å². The number of benzene rings is 2. The molecule has 2 rings (SSSR count). The molecule has 0 bridgehead atoms. The first-order valence-electron chi connectivity index (χ1n) is 6.58. The summed E-state index contributed by atoms with van der Waals surface area (Å²) in [7, 11) is 1.38. The molecule has 1 unspecified atom stereocenters. The maximum atomic E-state index is 14.3. The summed E-state index contributed by atoms with van der Waals surface area (Å²) in [6, 6.07) is 9.21. The summed E-state index contributed by atoms with van der Waals surface area (Å²) in [5.74, 6) is -1.08. The van der Waals surface area contributed by atoms with Crippen LogP contribution in [0.3, 0.4) is 0 Å². The van der Waals surface area contributed by atoms with Gasteiger partial charge in [-0.05, 0) is 24.2 Å². The van der Waals surface area contributed by atoms with Crippen molar-refractivity contribution in [1.82, 2.24) is 5.32 Å². The highest BCUT2D eigenvalue weighted by Gasteiger charge is 2.22. The van der Waals surface area contributed by atoms with Crippen LogP contribution in [0.5, 0.6) is 5.75 Å². The molecule has 0 radical (unpaired) electrons. The van der Waals surface area contributed by atoms with Crippen molar-refractivity contribution in [2.75, 3.05) is 13.7 Å². The molecule has 0 spiro atoms. The highest BCUT2D eigenvalue weighted by atomic mass is 79.9. The Morgan fingerprint density at radius 1 is 1.14 bits per heavy atom. The van der Waals surface area contributed by atoms with E-state index in [1.54, 1.807) is 0 Å². The van der Waals surface area contributed by atoms with Crippen molar-refractivity contribution in [2.45, 2.75) is 13.0 Å². The lowest BCUT2D eigenvalue weighted by Crippen LogP contribution is -2.24. The molecule has 1 N–H and O–H groups in total. The number of halogens is 3. The number of nitrogens with one attached hydrogen (secondary N) is 1. The zero-order valence-corrected chi connectivity index (χ0v) is 13.4. The van der Waals surface area contributed by atoms with Gasteiger partial charge in [0.2, 0.25) is 0 Å². The average molecular weight is 356 g/mol. The van der Waals surface area contributed by atoms with Crippen molar-refractivity contribution in [3.8, 4) is 5.75 Å². The fourth-order valence-corrected chi connectivity index (χ4v) is 2.46. The summed E-state index contributed by atoms with van der Waals surface area (Å²) in [6.45, 7) is 2.48. The molecule has 0 aliphatic rings. The number of hydrogen-bond donors (Lipinski definition) is 1. The van der Waals surface area contributed by atoms with E-state index >= 15 is 0 Å². The highest BCUT2D eigenvalue weighted by Crippen LogP contribution is 2.30. The van der Waals surface area contributed by atoms with Crippen LogP contribution in [0, 0.1) is 11.6 Å². The molecular weight excluding hydrogens is 340 g/mol. The molecule has 0 aromatic heterocycles. The molecule has 0 heterocycles. The van der Waals surface area contributed by atoms with Crippen LogP contribution >= 0.6 is 15.9 Å². The second-order valence-electron chi connectivity index (χ2n) is 4.55. The van der Waals surface area contributed by atoms with Crippen molar-refractivity contribution >= 4 is 15.9 Å². The topological polar surface area (TPSA) is 21.3 Å². The normalized spacial score (nSPS) is 12.2. The largest absolute Gasteiger partial charge is 0.497 e. The number of rotatable bonds is 5. The minimum Gasteiger partial charge on any atom is -0.497 e. The molecule has 0 amide bonds. The van der Waals surface area contributed by atoms with Gasteiger partial charge in [-0.15, -0.1) is 0 Å². The van der Waals surface area contributed by atoms with Gasteiger partial charge in [0.05, 0.1) is 13.2 Å². The number of ether oxygens (including phenoxy) is 1. The molecule has 0 aliphatic carbocycles. The van der Waals surface area contributed by atoms with Gasteiger partial charge in [-0.3, -0.25) is 0 Å². The zero-order chi connectivity index (χ0) is 15.4. The van der Waals surface area contributed by atoms with Crippen LogP contribution in [-0.4, -0.2) is 13.7 Å².